The van der Waals surface area contributed by atoms with Crippen LogP contribution in [0.3, 0.4) is 0 Å². The number of aliphatic hydroxyl groups is 1. The van der Waals surface area contributed by atoms with Gasteiger partial charge in [0.15, 0.2) is 5.41 Å². The van der Waals surface area contributed by atoms with E-state index in [0.29, 0.717) is 5.56 Å². The molecule has 0 saturated heterocycles. The van der Waals surface area contributed by atoms with E-state index in [1.54, 1.807) is 0 Å². The van der Waals surface area contributed by atoms with E-state index in [0.717, 1.165) is 26.4 Å². The number of ether oxygens (including phenoxy) is 2. The summed E-state index contributed by atoms with van der Waals surface area (Å²) in [6, 6.07) is 5.09. The quantitative estimate of drug-likeness (QED) is 0.368. The third kappa shape index (κ3) is 2.62. The van der Waals surface area contributed by atoms with E-state index in [-0.39, 0.29) is 12.1 Å². The highest BCUT2D eigenvalue weighted by atomic mass is 19.1. The fourth-order valence-electron chi connectivity index (χ4n) is 3.36. The van der Waals surface area contributed by atoms with Crippen LogP contribution < -0.4 is 0 Å². The van der Waals surface area contributed by atoms with Crippen LogP contribution in [0.25, 0.3) is 0 Å². The number of halogens is 1. The number of hydrogen-bond acceptors (Lipinski definition) is 7. The highest BCUT2D eigenvalue weighted by Crippen LogP contribution is 2.52. The molecule has 7 nitrogen and oxygen atoms in total. The molecule has 1 saturated carbocycles. The van der Waals surface area contributed by atoms with Gasteiger partial charge in [-0.05, 0) is 24.1 Å². The largest absolute Gasteiger partial charge is 0.468 e. The monoisotopic (exact) mass is 339 g/mol. The second-order valence-corrected chi connectivity index (χ2v) is 5.55. The van der Waals surface area contributed by atoms with Crippen LogP contribution in [0.1, 0.15) is 17.9 Å². The molecule has 1 aliphatic carbocycles. The van der Waals surface area contributed by atoms with Gasteiger partial charge >= 0.3 is 11.9 Å². The molecule has 1 aromatic carbocycles. The Bertz CT molecular complexity index is 641. The Balaban J connectivity index is 2.71. The van der Waals surface area contributed by atoms with E-state index < -0.39 is 41.6 Å². The molecule has 8 heteroatoms. The van der Waals surface area contributed by atoms with Gasteiger partial charge in [0.25, 0.3) is 0 Å². The van der Waals surface area contributed by atoms with Crippen molar-refractivity contribution in [2.45, 2.75) is 12.3 Å². The van der Waals surface area contributed by atoms with Crippen molar-refractivity contribution >= 4 is 17.7 Å². The van der Waals surface area contributed by atoms with Crippen LogP contribution >= 0.6 is 0 Å². The number of hydrogen-bond donors (Lipinski definition) is 2. The van der Waals surface area contributed by atoms with Gasteiger partial charge in [-0.2, -0.15) is 0 Å². The Morgan fingerprint density at radius 2 is 1.79 bits per heavy atom. The highest BCUT2D eigenvalue weighted by molar-refractivity contribution is 6.12. The summed E-state index contributed by atoms with van der Waals surface area (Å²) in [6.07, 6.45) is -0.149. The third-order valence-corrected chi connectivity index (χ3v) is 4.41. The van der Waals surface area contributed by atoms with Crippen LogP contribution in [0, 0.1) is 17.2 Å². The number of aliphatic hydroxyl groups excluding tert-OH is 1. The summed E-state index contributed by atoms with van der Waals surface area (Å²) in [7, 11) is 2.24. The minimum Gasteiger partial charge on any atom is -0.468 e. The molecule has 130 valence electrons. The maximum Gasteiger partial charge on any atom is 0.324 e. The lowest BCUT2D eigenvalue weighted by molar-refractivity contribution is -0.169. The van der Waals surface area contributed by atoms with Crippen molar-refractivity contribution in [3.05, 3.63) is 35.6 Å². The number of carbonyl (C=O) groups excluding carboxylic acids is 2. The predicted octanol–water partition coefficient (Wildman–Crippen LogP) is 1.08. The minimum absolute atomic E-state index is 0.0416. The number of benzene rings is 1. The van der Waals surface area contributed by atoms with E-state index in [4.69, 9.17) is 9.47 Å². The Morgan fingerprint density at radius 3 is 2.21 bits per heavy atom. The third-order valence-electron chi connectivity index (χ3n) is 4.41. The molecule has 0 radical (unpaired) electrons. The molecule has 0 aromatic heterocycles. The van der Waals surface area contributed by atoms with E-state index in [2.05, 4.69) is 5.16 Å². The molecule has 0 spiro atoms. The summed E-state index contributed by atoms with van der Waals surface area (Å²) >= 11 is 0. The number of methoxy groups -OCH3 is 2. The first-order valence-corrected chi connectivity index (χ1v) is 7.21. The maximum atomic E-state index is 13.2. The van der Waals surface area contributed by atoms with Crippen LogP contribution in [-0.4, -0.2) is 48.8 Å². The van der Waals surface area contributed by atoms with Crippen LogP contribution in [0.5, 0.6) is 0 Å². The highest BCUT2D eigenvalue weighted by Gasteiger charge is 2.63. The topological polar surface area (TPSA) is 105 Å². The molecule has 24 heavy (non-hydrogen) atoms. The lowest BCUT2D eigenvalue weighted by atomic mass is 9.73. The average molecular weight is 339 g/mol. The van der Waals surface area contributed by atoms with Gasteiger partial charge in [-0.25, -0.2) is 4.39 Å². The Kier molecular flexibility index (Phi) is 5.18. The standard InChI is InChI=1S/C16H18FNO6/c1-23-14(20)16(15(21)24-2)7-10(8-19)13(18-22)12(16)9-3-5-11(17)6-4-9/h3-6,10,12,19,22H,7-8H2,1-2H3/b18-13+/t10-,12-/m0/s1. The normalized spacial score (nSPS) is 23.9. The van der Waals surface area contributed by atoms with Crippen molar-refractivity contribution in [1.29, 1.82) is 0 Å². The average Bonchev–Trinajstić information content (AvgIpc) is 2.96. The van der Waals surface area contributed by atoms with Crippen molar-refractivity contribution in [3.63, 3.8) is 0 Å². The van der Waals surface area contributed by atoms with E-state index in [1.165, 1.54) is 12.1 Å². The SMILES string of the molecule is COC(=O)C1(C(=O)OC)C[C@@H](CO)/C(=N\O)[C@@H]1c1ccc(F)cc1. The number of oxime groups is 1. The van der Waals surface area contributed by atoms with Crippen molar-refractivity contribution in [2.75, 3.05) is 20.8 Å². The van der Waals surface area contributed by atoms with Crippen LogP contribution in [0.4, 0.5) is 4.39 Å². The van der Waals surface area contributed by atoms with E-state index >= 15 is 0 Å². The van der Waals surface area contributed by atoms with Crippen LogP contribution in [0.2, 0.25) is 0 Å². The van der Waals surface area contributed by atoms with Gasteiger partial charge in [-0.1, -0.05) is 17.3 Å². The first kappa shape index (κ1) is 17.9. The zero-order valence-corrected chi connectivity index (χ0v) is 13.2. The summed E-state index contributed by atoms with van der Waals surface area (Å²) in [6.45, 7) is -0.438. The van der Waals surface area contributed by atoms with E-state index in [9.17, 15) is 24.3 Å². The van der Waals surface area contributed by atoms with Crippen molar-refractivity contribution < 1.29 is 33.8 Å². The van der Waals surface area contributed by atoms with Crippen molar-refractivity contribution in [1.82, 2.24) is 0 Å². The van der Waals surface area contributed by atoms with Crippen molar-refractivity contribution in [2.24, 2.45) is 16.5 Å². The molecule has 2 atom stereocenters. The molecule has 1 aromatic rings. The number of nitrogens with zero attached hydrogens (tertiary/aromatic N) is 1. The molecule has 0 heterocycles. The van der Waals surface area contributed by atoms with Gasteiger partial charge < -0.3 is 19.8 Å². The molecule has 0 amide bonds. The van der Waals surface area contributed by atoms with Gasteiger partial charge in [-0.3, -0.25) is 9.59 Å². The van der Waals surface area contributed by atoms with Gasteiger partial charge in [0.2, 0.25) is 0 Å². The Morgan fingerprint density at radius 1 is 1.25 bits per heavy atom. The fraction of sp³-hybridized carbons (Fsp3) is 0.438. The number of rotatable bonds is 4. The molecule has 0 unspecified atom stereocenters. The zero-order chi connectivity index (χ0) is 17.9. The van der Waals surface area contributed by atoms with Crippen LogP contribution in [-0.2, 0) is 19.1 Å². The molecule has 1 aliphatic rings. The van der Waals surface area contributed by atoms with Crippen LogP contribution in [0.15, 0.2) is 29.4 Å². The summed E-state index contributed by atoms with van der Waals surface area (Å²) in [5.74, 6) is -4.04. The predicted molar refractivity (Wildman–Crippen MR) is 80.0 cm³/mol. The number of esters is 2. The smallest absolute Gasteiger partial charge is 0.324 e. The molecule has 2 rings (SSSR count). The molecule has 0 aliphatic heterocycles. The van der Waals surface area contributed by atoms with Crippen molar-refractivity contribution in [3.8, 4) is 0 Å². The summed E-state index contributed by atoms with van der Waals surface area (Å²) < 4.78 is 22.8. The first-order chi connectivity index (χ1) is 11.5. The number of carbonyl (C=O) groups is 2. The molecular weight excluding hydrogens is 321 g/mol. The van der Waals surface area contributed by atoms with Gasteiger partial charge in [-0.15, -0.1) is 0 Å². The van der Waals surface area contributed by atoms with Gasteiger partial charge in [0.1, 0.15) is 5.82 Å². The van der Waals surface area contributed by atoms with E-state index in [1.807, 2.05) is 0 Å². The first-order valence-electron chi connectivity index (χ1n) is 7.21. The second-order valence-electron chi connectivity index (χ2n) is 5.55. The minimum atomic E-state index is -1.82. The molecule has 1 fully saturated rings. The maximum absolute atomic E-state index is 13.2. The second kappa shape index (κ2) is 6.96. The molecule has 0 bridgehead atoms. The fourth-order valence-corrected chi connectivity index (χ4v) is 3.36. The molecule has 2 N–H and O–H groups in total. The summed E-state index contributed by atoms with van der Waals surface area (Å²) in [4.78, 5) is 25.0. The molecular formula is C16H18FNO6. The van der Waals surface area contributed by atoms with Gasteiger partial charge in [0, 0.05) is 5.92 Å². The summed E-state index contributed by atoms with van der Waals surface area (Å²) in [5.41, 5.74) is -1.41. The Hall–Kier alpha value is -2.48. The summed E-state index contributed by atoms with van der Waals surface area (Å²) in [5, 5.41) is 22.2. The zero-order valence-electron chi connectivity index (χ0n) is 13.2. The van der Waals surface area contributed by atoms with Gasteiger partial charge in [0.05, 0.1) is 32.5 Å². The Labute approximate surface area is 137 Å². The lowest BCUT2D eigenvalue weighted by Gasteiger charge is -2.29. The lowest BCUT2D eigenvalue weighted by Crippen LogP contribution is -2.44.